The van der Waals surface area contributed by atoms with Crippen LogP contribution in [0.5, 0.6) is 5.75 Å². The van der Waals surface area contributed by atoms with E-state index >= 15 is 0 Å². The molecular weight excluding hydrogens is 347 g/mol. The van der Waals surface area contributed by atoms with Gasteiger partial charge in [-0.05, 0) is 24.6 Å². The molecule has 1 aliphatic rings. The van der Waals surface area contributed by atoms with Crippen molar-refractivity contribution in [2.75, 3.05) is 33.4 Å². The van der Waals surface area contributed by atoms with Crippen LogP contribution in [0.4, 0.5) is 13.2 Å². The number of alkyl halides is 3. The summed E-state index contributed by atoms with van der Waals surface area (Å²) in [6.07, 6.45) is -4.02. The van der Waals surface area contributed by atoms with Crippen molar-refractivity contribution in [2.45, 2.75) is 32.5 Å². The van der Waals surface area contributed by atoms with Crippen molar-refractivity contribution in [1.29, 1.82) is 0 Å². The quantitative estimate of drug-likeness (QED) is 0.570. The largest absolute Gasteiger partial charge is 0.489 e. The highest BCUT2D eigenvalue weighted by molar-refractivity contribution is 5.79. The van der Waals surface area contributed by atoms with Gasteiger partial charge in [-0.1, -0.05) is 19.9 Å². The van der Waals surface area contributed by atoms with E-state index < -0.39 is 11.7 Å². The zero-order chi connectivity index (χ0) is 19.2. The molecule has 1 heterocycles. The van der Waals surface area contributed by atoms with Gasteiger partial charge in [0, 0.05) is 19.0 Å². The fraction of sp³-hybridized carbons (Fsp3) is 0.611. The van der Waals surface area contributed by atoms with Crippen molar-refractivity contribution in [2.24, 2.45) is 10.4 Å². The topological polar surface area (TPSA) is 54.9 Å². The summed E-state index contributed by atoms with van der Waals surface area (Å²) in [4.78, 5) is 4.16. The number of benzene rings is 1. The molecule has 0 spiro atoms. The lowest BCUT2D eigenvalue weighted by Crippen LogP contribution is -2.51. The molecule has 1 fully saturated rings. The molecule has 0 saturated carbocycles. The molecule has 1 saturated heterocycles. The minimum Gasteiger partial charge on any atom is -0.489 e. The van der Waals surface area contributed by atoms with Gasteiger partial charge in [0.2, 0.25) is 0 Å². The molecular formula is C18H26F3N3O2. The maximum absolute atomic E-state index is 12.8. The van der Waals surface area contributed by atoms with Gasteiger partial charge in [-0.15, -0.1) is 0 Å². The van der Waals surface area contributed by atoms with Gasteiger partial charge in [-0.25, -0.2) is 0 Å². The van der Waals surface area contributed by atoms with Crippen molar-refractivity contribution >= 4 is 5.96 Å². The highest BCUT2D eigenvalue weighted by Crippen LogP contribution is 2.31. The Bertz CT molecular complexity index is 616. The summed E-state index contributed by atoms with van der Waals surface area (Å²) in [5, 5.41) is 6.40. The highest BCUT2D eigenvalue weighted by Gasteiger charge is 2.33. The van der Waals surface area contributed by atoms with Crippen molar-refractivity contribution in [1.82, 2.24) is 10.6 Å². The van der Waals surface area contributed by atoms with Crippen LogP contribution in [0.25, 0.3) is 0 Å². The maximum atomic E-state index is 12.8. The number of guanidine groups is 1. The average Bonchev–Trinajstić information content (AvgIpc) is 2.58. The average molecular weight is 373 g/mol. The van der Waals surface area contributed by atoms with Crippen LogP contribution >= 0.6 is 0 Å². The van der Waals surface area contributed by atoms with Crippen LogP contribution in [0.3, 0.4) is 0 Å². The van der Waals surface area contributed by atoms with E-state index in [2.05, 4.69) is 22.5 Å². The van der Waals surface area contributed by atoms with Gasteiger partial charge < -0.3 is 20.1 Å². The Morgan fingerprint density at radius 1 is 1.35 bits per heavy atom. The summed E-state index contributed by atoms with van der Waals surface area (Å²) in [7, 11) is 1.67. The molecule has 1 aromatic carbocycles. The second-order valence-corrected chi connectivity index (χ2v) is 6.78. The number of nitrogens with one attached hydrogen (secondary N) is 2. The molecule has 0 aliphatic carbocycles. The second-order valence-electron chi connectivity index (χ2n) is 6.78. The van der Waals surface area contributed by atoms with Crippen molar-refractivity contribution in [3.8, 4) is 5.75 Å². The standard InChI is InChI=1S/C18H26F3N3O2/c1-4-14(26-15-7-5-6-13(8-15)18(19,20)21)9-23-16(22-3)24-10-17(2)11-25-12-17/h5-8,14H,4,9-12H2,1-3H3,(H2,22,23,24). The highest BCUT2D eigenvalue weighted by atomic mass is 19.4. The first-order valence-corrected chi connectivity index (χ1v) is 8.62. The van der Waals surface area contributed by atoms with Crippen LogP contribution in [-0.2, 0) is 10.9 Å². The molecule has 1 atom stereocenters. The van der Waals surface area contributed by atoms with Gasteiger partial charge in [-0.2, -0.15) is 13.2 Å². The van der Waals surface area contributed by atoms with E-state index in [1.54, 1.807) is 7.05 Å². The SMILES string of the molecule is CCC(CNC(=NC)NCC1(C)COC1)Oc1cccc(C(F)(F)F)c1. The van der Waals surface area contributed by atoms with E-state index in [1.165, 1.54) is 12.1 Å². The van der Waals surface area contributed by atoms with Crippen LogP contribution in [0.2, 0.25) is 0 Å². The molecule has 146 valence electrons. The minimum atomic E-state index is -4.38. The molecule has 1 aromatic rings. The van der Waals surface area contributed by atoms with E-state index in [9.17, 15) is 13.2 Å². The molecule has 0 bridgehead atoms. The molecule has 8 heteroatoms. The van der Waals surface area contributed by atoms with Crippen molar-refractivity contribution in [3.63, 3.8) is 0 Å². The predicted octanol–water partition coefficient (Wildman–Crippen LogP) is 3.06. The third kappa shape index (κ3) is 5.79. The monoisotopic (exact) mass is 373 g/mol. The number of ether oxygens (including phenoxy) is 2. The van der Waals surface area contributed by atoms with Crippen LogP contribution in [0.1, 0.15) is 25.8 Å². The number of hydrogen-bond acceptors (Lipinski definition) is 3. The molecule has 0 amide bonds. The zero-order valence-electron chi connectivity index (χ0n) is 15.3. The Morgan fingerprint density at radius 3 is 2.62 bits per heavy atom. The van der Waals surface area contributed by atoms with Gasteiger partial charge in [0.25, 0.3) is 0 Å². The summed E-state index contributed by atoms with van der Waals surface area (Å²) in [5.41, 5.74) is -0.609. The minimum absolute atomic E-state index is 0.107. The fourth-order valence-corrected chi connectivity index (χ4v) is 2.49. The Kier molecular flexibility index (Phi) is 6.75. The fourth-order valence-electron chi connectivity index (χ4n) is 2.49. The van der Waals surface area contributed by atoms with Gasteiger partial charge in [0.15, 0.2) is 5.96 Å². The first-order chi connectivity index (χ1) is 12.3. The second kappa shape index (κ2) is 8.62. The number of rotatable bonds is 7. The maximum Gasteiger partial charge on any atom is 0.416 e. The van der Waals surface area contributed by atoms with E-state index in [0.29, 0.717) is 32.1 Å². The Hall–Kier alpha value is -1.96. The molecule has 5 nitrogen and oxygen atoms in total. The Labute approximate surface area is 152 Å². The first kappa shape index (κ1) is 20.4. The third-order valence-corrected chi connectivity index (χ3v) is 4.22. The summed E-state index contributed by atoms with van der Waals surface area (Å²) < 4.78 is 49.3. The number of nitrogens with zero attached hydrogens (tertiary/aromatic N) is 1. The van der Waals surface area contributed by atoms with Gasteiger partial charge in [-0.3, -0.25) is 4.99 Å². The van der Waals surface area contributed by atoms with Gasteiger partial charge in [0.05, 0.1) is 25.3 Å². The summed E-state index contributed by atoms with van der Waals surface area (Å²) in [6, 6.07) is 4.93. The van der Waals surface area contributed by atoms with Gasteiger partial charge in [0.1, 0.15) is 11.9 Å². The molecule has 2 N–H and O–H groups in total. The number of halogens is 3. The van der Waals surface area contributed by atoms with Crippen molar-refractivity contribution in [3.05, 3.63) is 29.8 Å². The van der Waals surface area contributed by atoms with Crippen molar-refractivity contribution < 1.29 is 22.6 Å². The predicted molar refractivity (Wildman–Crippen MR) is 94.4 cm³/mol. The summed E-state index contributed by atoms with van der Waals surface area (Å²) >= 11 is 0. The molecule has 2 rings (SSSR count). The number of hydrogen-bond donors (Lipinski definition) is 2. The molecule has 0 radical (unpaired) electrons. The van der Waals surface area contributed by atoms with E-state index in [1.807, 2.05) is 6.92 Å². The normalized spacial score (nSPS) is 18.0. The van der Waals surface area contributed by atoms with Crippen LogP contribution in [0.15, 0.2) is 29.3 Å². The lowest BCUT2D eigenvalue weighted by Gasteiger charge is -2.38. The van der Waals surface area contributed by atoms with Crippen LogP contribution in [-0.4, -0.2) is 45.4 Å². The lowest BCUT2D eigenvalue weighted by atomic mass is 9.89. The van der Waals surface area contributed by atoms with Crippen LogP contribution in [0, 0.1) is 5.41 Å². The first-order valence-electron chi connectivity index (χ1n) is 8.62. The summed E-state index contributed by atoms with van der Waals surface area (Å²) in [6.45, 7) is 6.64. The third-order valence-electron chi connectivity index (χ3n) is 4.22. The van der Waals surface area contributed by atoms with E-state index in [-0.39, 0.29) is 17.3 Å². The molecule has 1 unspecified atom stereocenters. The van der Waals surface area contributed by atoms with Crippen LogP contribution < -0.4 is 15.4 Å². The van der Waals surface area contributed by atoms with E-state index in [0.717, 1.165) is 18.7 Å². The van der Waals surface area contributed by atoms with Gasteiger partial charge >= 0.3 is 6.18 Å². The molecule has 1 aliphatic heterocycles. The van der Waals surface area contributed by atoms with E-state index in [4.69, 9.17) is 9.47 Å². The molecule has 0 aromatic heterocycles. The number of aliphatic imine (C=N–C) groups is 1. The Morgan fingerprint density at radius 2 is 2.08 bits per heavy atom. The smallest absolute Gasteiger partial charge is 0.416 e. The molecule has 26 heavy (non-hydrogen) atoms. The Balaban J connectivity index is 1.86. The zero-order valence-corrected chi connectivity index (χ0v) is 15.3. The summed E-state index contributed by atoms with van der Waals surface area (Å²) in [5.74, 6) is 0.833. The lowest BCUT2D eigenvalue weighted by molar-refractivity contribution is -0.137.